The highest BCUT2D eigenvalue weighted by molar-refractivity contribution is 5.31. The van der Waals surface area contributed by atoms with Gasteiger partial charge in [0.25, 0.3) is 0 Å². The van der Waals surface area contributed by atoms with Gasteiger partial charge in [0.05, 0.1) is 18.8 Å². The molecule has 2 fully saturated rings. The first-order valence-corrected chi connectivity index (χ1v) is 11.4. The normalized spacial score (nSPS) is 30.0. The molecule has 1 saturated carbocycles. The van der Waals surface area contributed by atoms with Crippen LogP contribution in [0.25, 0.3) is 0 Å². The minimum Gasteiger partial charge on any atom is -0.490 e. The van der Waals surface area contributed by atoms with Crippen LogP contribution in [0.1, 0.15) is 42.7 Å². The first kappa shape index (κ1) is 22.3. The summed E-state index contributed by atoms with van der Waals surface area (Å²) in [6, 6.07) is 18.4. The molecular weight excluding hydrogens is 390 g/mol. The zero-order valence-corrected chi connectivity index (χ0v) is 18.5. The third kappa shape index (κ3) is 5.86. The van der Waals surface area contributed by atoms with Crippen molar-refractivity contribution in [2.75, 3.05) is 39.5 Å². The van der Waals surface area contributed by atoms with Crippen molar-refractivity contribution in [2.24, 2.45) is 0 Å². The fraction of sp³-hybridized carbons (Fsp3) is 0.538. The molecule has 168 valence electrons. The molecule has 2 aliphatic rings. The molecule has 0 bridgehead atoms. The van der Waals surface area contributed by atoms with E-state index in [-0.39, 0.29) is 13.2 Å². The van der Waals surface area contributed by atoms with Crippen LogP contribution in [0, 0.1) is 6.92 Å². The summed E-state index contributed by atoms with van der Waals surface area (Å²) in [5.74, 6) is 1.30. The standard InChI is InChI=1S/C26H35NO4/c1-21-7-5-6-10-24(21)31-20-26(29)18-27(15-16-30-19-26)17-25(28)13-11-23(12-14-25)22-8-3-2-4-9-22/h2-10,23,28-29H,11-20H2,1H3/t23?,25?,26-/m1/s1. The van der Waals surface area contributed by atoms with E-state index >= 15 is 0 Å². The third-order valence-electron chi connectivity index (χ3n) is 6.74. The molecule has 1 heterocycles. The van der Waals surface area contributed by atoms with Gasteiger partial charge in [0.15, 0.2) is 0 Å². The van der Waals surface area contributed by atoms with Gasteiger partial charge in [-0.05, 0) is 55.7 Å². The van der Waals surface area contributed by atoms with Crippen molar-refractivity contribution in [1.29, 1.82) is 0 Å². The highest BCUT2D eigenvalue weighted by Gasteiger charge is 2.39. The second-order valence-electron chi connectivity index (χ2n) is 9.45. The molecule has 5 nitrogen and oxygen atoms in total. The zero-order chi connectivity index (χ0) is 21.7. The van der Waals surface area contributed by atoms with E-state index in [4.69, 9.17) is 9.47 Å². The molecule has 4 rings (SSSR count). The molecule has 5 heteroatoms. The molecule has 1 aliphatic heterocycles. The first-order valence-electron chi connectivity index (χ1n) is 11.4. The number of aliphatic hydroxyl groups is 2. The Morgan fingerprint density at radius 2 is 1.71 bits per heavy atom. The molecular formula is C26H35NO4. The number of rotatable bonds is 6. The quantitative estimate of drug-likeness (QED) is 0.742. The van der Waals surface area contributed by atoms with Crippen LogP contribution in [0.2, 0.25) is 0 Å². The maximum Gasteiger partial charge on any atom is 0.134 e. The highest BCUT2D eigenvalue weighted by atomic mass is 16.5. The van der Waals surface area contributed by atoms with Gasteiger partial charge in [0.1, 0.15) is 18.0 Å². The lowest BCUT2D eigenvalue weighted by Crippen LogP contribution is -2.53. The Balaban J connectivity index is 1.34. The Bertz CT molecular complexity index is 834. The summed E-state index contributed by atoms with van der Waals surface area (Å²) in [6.45, 7) is 4.66. The molecule has 0 radical (unpaired) electrons. The first-order chi connectivity index (χ1) is 14.9. The minimum absolute atomic E-state index is 0.170. The van der Waals surface area contributed by atoms with E-state index in [0.29, 0.717) is 32.2 Å². The maximum absolute atomic E-state index is 11.3. The van der Waals surface area contributed by atoms with E-state index in [1.807, 2.05) is 37.3 Å². The number of ether oxygens (including phenoxy) is 2. The molecule has 0 aromatic heterocycles. The van der Waals surface area contributed by atoms with Gasteiger partial charge in [0.2, 0.25) is 0 Å². The predicted octanol–water partition coefficient (Wildman–Crippen LogP) is 3.53. The van der Waals surface area contributed by atoms with Gasteiger partial charge in [-0.15, -0.1) is 0 Å². The van der Waals surface area contributed by atoms with Gasteiger partial charge in [-0.3, -0.25) is 4.90 Å². The topological polar surface area (TPSA) is 62.2 Å². The molecule has 1 atom stereocenters. The number of nitrogens with zero attached hydrogens (tertiary/aromatic N) is 1. The molecule has 0 spiro atoms. The van der Waals surface area contributed by atoms with E-state index in [2.05, 4.69) is 29.2 Å². The number of hydrogen-bond acceptors (Lipinski definition) is 5. The van der Waals surface area contributed by atoms with Crippen molar-refractivity contribution in [3.05, 3.63) is 65.7 Å². The molecule has 2 aromatic carbocycles. The summed E-state index contributed by atoms with van der Waals surface area (Å²) in [6.07, 6.45) is 3.54. The second kappa shape index (κ2) is 9.70. The van der Waals surface area contributed by atoms with Crippen LogP contribution in [0.3, 0.4) is 0 Å². The summed E-state index contributed by atoms with van der Waals surface area (Å²) in [5.41, 5.74) is 0.599. The van der Waals surface area contributed by atoms with Crippen LogP contribution >= 0.6 is 0 Å². The minimum atomic E-state index is -1.10. The number of benzene rings is 2. The molecule has 2 aromatic rings. The fourth-order valence-corrected chi connectivity index (χ4v) is 4.94. The van der Waals surface area contributed by atoms with Crippen LogP contribution in [0.4, 0.5) is 0 Å². The van der Waals surface area contributed by atoms with E-state index in [9.17, 15) is 10.2 Å². The summed E-state index contributed by atoms with van der Waals surface area (Å²) in [4.78, 5) is 2.15. The predicted molar refractivity (Wildman–Crippen MR) is 121 cm³/mol. The average Bonchev–Trinajstić information content (AvgIpc) is 2.95. The Morgan fingerprint density at radius 3 is 2.45 bits per heavy atom. The van der Waals surface area contributed by atoms with E-state index in [0.717, 1.165) is 37.0 Å². The van der Waals surface area contributed by atoms with Gasteiger partial charge in [-0.2, -0.15) is 0 Å². The maximum atomic E-state index is 11.3. The zero-order valence-electron chi connectivity index (χ0n) is 18.5. The lowest BCUT2D eigenvalue weighted by Gasteiger charge is -2.40. The van der Waals surface area contributed by atoms with Crippen LogP contribution < -0.4 is 4.74 Å². The van der Waals surface area contributed by atoms with Gasteiger partial charge < -0.3 is 19.7 Å². The van der Waals surface area contributed by atoms with Crippen molar-refractivity contribution in [3.63, 3.8) is 0 Å². The van der Waals surface area contributed by atoms with Gasteiger partial charge in [-0.1, -0.05) is 48.5 Å². The molecule has 0 unspecified atom stereocenters. The second-order valence-corrected chi connectivity index (χ2v) is 9.45. The molecule has 1 aliphatic carbocycles. The van der Waals surface area contributed by atoms with Crippen molar-refractivity contribution < 1.29 is 19.7 Å². The summed E-state index contributed by atoms with van der Waals surface area (Å²) in [5, 5.41) is 22.5. The third-order valence-corrected chi connectivity index (χ3v) is 6.74. The van der Waals surface area contributed by atoms with Gasteiger partial charge in [-0.25, -0.2) is 0 Å². The molecule has 2 N–H and O–H groups in total. The van der Waals surface area contributed by atoms with E-state index < -0.39 is 11.2 Å². The molecule has 0 amide bonds. The van der Waals surface area contributed by atoms with Crippen molar-refractivity contribution in [1.82, 2.24) is 4.90 Å². The number of aryl methyl sites for hydroxylation is 1. The van der Waals surface area contributed by atoms with Gasteiger partial charge >= 0.3 is 0 Å². The number of hydrogen-bond donors (Lipinski definition) is 2. The van der Waals surface area contributed by atoms with Crippen molar-refractivity contribution in [3.8, 4) is 5.75 Å². The summed E-state index contributed by atoms with van der Waals surface area (Å²) >= 11 is 0. The van der Waals surface area contributed by atoms with Crippen LogP contribution in [-0.2, 0) is 4.74 Å². The van der Waals surface area contributed by atoms with Crippen LogP contribution in [-0.4, -0.2) is 65.8 Å². The van der Waals surface area contributed by atoms with E-state index in [1.54, 1.807) is 0 Å². The van der Waals surface area contributed by atoms with E-state index in [1.165, 1.54) is 5.56 Å². The Kier molecular flexibility index (Phi) is 6.97. The highest BCUT2D eigenvalue weighted by Crippen LogP contribution is 2.38. The lowest BCUT2D eigenvalue weighted by atomic mass is 9.76. The Labute approximate surface area is 185 Å². The fourth-order valence-electron chi connectivity index (χ4n) is 4.94. The smallest absolute Gasteiger partial charge is 0.134 e. The van der Waals surface area contributed by atoms with Gasteiger partial charge in [0, 0.05) is 19.6 Å². The monoisotopic (exact) mass is 425 g/mol. The molecule has 1 saturated heterocycles. The Hall–Kier alpha value is -1.92. The average molecular weight is 426 g/mol. The largest absolute Gasteiger partial charge is 0.490 e. The summed E-state index contributed by atoms with van der Waals surface area (Å²) < 4.78 is 11.6. The van der Waals surface area contributed by atoms with Crippen LogP contribution in [0.15, 0.2) is 54.6 Å². The number of para-hydroxylation sites is 1. The molecule has 31 heavy (non-hydrogen) atoms. The van der Waals surface area contributed by atoms with Crippen LogP contribution in [0.5, 0.6) is 5.75 Å². The lowest BCUT2D eigenvalue weighted by molar-refractivity contribution is -0.0767. The number of β-amino-alcohol motifs (C(OH)–C–C–N with tert-alkyl or cyclic N) is 2. The van der Waals surface area contributed by atoms with Crippen molar-refractivity contribution in [2.45, 2.75) is 49.7 Å². The summed E-state index contributed by atoms with van der Waals surface area (Å²) in [7, 11) is 0. The van der Waals surface area contributed by atoms with Crippen molar-refractivity contribution >= 4 is 0 Å². The SMILES string of the molecule is Cc1ccccc1OC[C@]1(O)COCCN(CC2(O)CCC(c3ccccc3)CC2)C1. The Morgan fingerprint density at radius 1 is 1.00 bits per heavy atom.